The van der Waals surface area contributed by atoms with E-state index in [1.54, 1.807) is 4.57 Å². The van der Waals surface area contributed by atoms with Gasteiger partial charge in [0.1, 0.15) is 0 Å². The van der Waals surface area contributed by atoms with E-state index < -0.39 is 0 Å². The van der Waals surface area contributed by atoms with Gasteiger partial charge in [0.05, 0.1) is 5.75 Å². The predicted molar refractivity (Wildman–Crippen MR) is 111 cm³/mol. The summed E-state index contributed by atoms with van der Waals surface area (Å²) in [5.41, 5.74) is 2.62. The number of rotatable bonds is 7. The molecule has 3 aromatic rings. The van der Waals surface area contributed by atoms with Crippen LogP contribution in [0, 0.1) is 6.92 Å². The van der Waals surface area contributed by atoms with Gasteiger partial charge in [0.15, 0.2) is 5.16 Å². The smallest absolute Gasteiger partial charge is 0.325 e. The monoisotopic (exact) mass is 446 g/mol. The fourth-order valence-corrected chi connectivity index (χ4v) is 3.83. The summed E-state index contributed by atoms with van der Waals surface area (Å²) in [5, 5.41) is 9.90. The maximum absolute atomic E-state index is 12.3. The second-order valence-corrected chi connectivity index (χ2v) is 7.85. The number of hydrogen-bond donors (Lipinski definition) is 2. The molecule has 140 valence electrons. The molecule has 8 heteroatoms. The van der Waals surface area contributed by atoms with Gasteiger partial charge in [-0.2, -0.15) is 0 Å². The maximum Gasteiger partial charge on any atom is 0.343 e. The second kappa shape index (κ2) is 9.05. The molecule has 0 unspecified atom stereocenters. The summed E-state index contributed by atoms with van der Waals surface area (Å²) in [6.07, 6.45) is 0.720. The van der Waals surface area contributed by atoms with E-state index >= 15 is 0 Å². The van der Waals surface area contributed by atoms with Crippen molar-refractivity contribution in [2.75, 3.05) is 11.1 Å². The molecular formula is C19H19BrN4O2S. The van der Waals surface area contributed by atoms with Crippen LogP contribution in [0.2, 0.25) is 0 Å². The van der Waals surface area contributed by atoms with Crippen molar-refractivity contribution in [3.8, 4) is 0 Å². The minimum absolute atomic E-state index is 0.143. The predicted octanol–water partition coefficient (Wildman–Crippen LogP) is 3.62. The van der Waals surface area contributed by atoms with Crippen LogP contribution in [0.25, 0.3) is 0 Å². The van der Waals surface area contributed by atoms with Crippen LogP contribution in [0.4, 0.5) is 5.69 Å². The number of aromatic nitrogens is 3. The summed E-state index contributed by atoms with van der Waals surface area (Å²) in [5.74, 6) is 0.0287. The Balaban J connectivity index is 1.59. The van der Waals surface area contributed by atoms with Gasteiger partial charge in [-0.05, 0) is 42.7 Å². The number of benzene rings is 2. The van der Waals surface area contributed by atoms with Gasteiger partial charge in [0.2, 0.25) is 5.91 Å². The van der Waals surface area contributed by atoms with Crippen LogP contribution < -0.4 is 11.0 Å². The number of nitrogens with one attached hydrogen (secondary N) is 2. The first-order valence-electron chi connectivity index (χ1n) is 8.41. The molecule has 2 aromatic carbocycles. The molecule has 1 heterocycles. The molecule has 0 spiro atoms. The molecule has 3 rings (SSSR count). The van der Waals surface area contributed by atoms with Gasteiger partial charge < -0.3 is 5.32 Å². The third kappa shape index (κ3) is 5.33. The molecule has 0 saturated carbocycles. The van der Waals surface area contributed by atoms with Crippen LogP contribution >= 0.6 is 27.7 Å². The zero-order valence-electron chi connectivity index (χ0n) is 14.7. The number of aromatic amines is 1. The summed E-state index contributed by atoms with van der Waals surface area (Å²) in [4.78, 5) is 24.3. The van der Waals surface area contributed by atoms with Crippen molar-refractivity contribution >= 4 is 39.3 Å². The highest BCUT2D eigenvalue weighted by Crippen LogP contribution is 2.21. The Morgan fingerprint density at radius 2 is 2.04 bits per heavy atom. The number of carbonyl (C=O) groups excluding carboxylic acids is 1. The number of hydrogen-bond acceptors (Lipinski definition) is 4. The first-order valence-corrected chi connectivity index (χ1v) is 10.2. The summed E-state index contributed by atoms with van der Waals surface area (Å²) in [6.45, 7) is 2.44. The first-order chi connectivity index (χ1) is 13.0. The van der Waals surface area contributed by atoms with Crippen LogP contribution in [-0.4, -0.2) is 26.4 Å². The molecule has 0 atom stereocenters. The van der Waals surface area contributed by atoms with Crippen LogP contribution in [-0.2, 0) is 17.8 Å². The van der Waals surface area contributed by atoms with Crippen molar-refractivity contribution in [1.82, 2.24) is 14.8 Å². The number of thioether (sulfide) groups is 1. The first kappa shape index (κ1) is 19.4. The average Bonchev–Trinajstić information content (AvgIpc) is 3.01. The van der Waals surface area contributed by atoms with Crippen molar-refractivity contribution in [2.45, 2.75) is 25.0 Å². The zero-order valence-corrected chi connectivity index (χ0v) is 17.1. The van der Waals surface area contributed by atoms with E-state index in [9.17, 15) is 9.59 Å². The molecule has 0 aliphatic carbocycles. The Morgan fingerprint density at radius 3 is 2.78 bits per heavy atom. The lowest BCUT2D eigenvalue weighted by atomic mass is 10.1. The molecule has 0 aliphatic rings. The van der Waals surface area contributed by atoms with Crippen LogP contribution in [0.1, 0.15) is 11.1 Å². The maximum atomic E-state index is 12.3. The average molecular weight is 447 g/mol. The number of carbonyl (C=O) groups is 1. The molecule has 6 nitrogen and oxygen atoms in total. The standard InChI is InChI=1S/C19H19BrN4O2S/c1-13-11-15(20)7-8-16(13)21-17(25)12-27-19-23-22-18(26)24(19)10-9-14-5-3-2-4-6-14/h2-8,11H,9-10,12H2,1H3,(H,21,25)(H,22,26). The zero-order chi connectivity index (χ0) is 19.2. The number of nitrogens with zero attached hydrogens (tertiary/aromatic N) is 2. The number of aryl methyl sites for hydroxylation is 2. The molecule has 2 N–H and O–H groups in total. The summed E-state index contributed by atoms with van der Waals surface area (Å²) in [6, 6.07) is 15.6. The summed E-state index contributed by atoms with van der Waals surface area (Å²) >= 11 is 4.64. The highest BCUT2D eigenvalue weighted by molar-refractivity contribution is 9.10. The van der Waals surface area contributed by atoms with Crippen molar-refractivity contribution in [3.05, 3.63) is 74.6 Å². The topological polar surface area (TPSA) is 79.8 Å². The van der Waals surface area contributed by atoms with Gasteiger partial charge in [0.25, 0.3) is 0 Å². The molecule has 1 aromatic heterocycles. The van der Waals surface area contributed by atoms with E-state index in [4.69, 9.17) is 0 Å². The number of amides is 1. The Bertz CT molecular complexity index is 985. The molecule has 0 radical (unpaired) electrons. The molecular weight excluding hydrogens is 428 g/mol. The quantitative estimate of drug-likeness (QED) is 0.543. The van der Waals surface area contributed by atoms with Crippen molar-refractivity contribution in [2.24, 2.45) is 0 Å². The fourth-order valence-electron chi connectivity index (χ4n) is 2.58. The third-order valence-corrected chi connectivity index (χ3v) is 5.45. The highest BCUT2D eigenvalue weighted by atomic mass is 79.9. The van der Waals surface area contributed by atoms with Crippen LogP contribution in [0.15, 0.2) is 63.0 Å². The molecule has 0 aliphatic heterocycles. The third-order valence-electron chi connectivity index (χ3n) is 3.99. The van der Waals surface area contributed by atoms with E-state index in [-0.39, 0.29) is 17.3 Å². The number of halogens is 1. The molecule has 0 fully saturated rings. The lowest BCUT2D eigenvalue weighted by Crippen LogP contribution is -2.20. The van der Waals surface area contributed by atoms with E-state index in [0.717, 1.165) is 27.7 Å². The fraction of sp³-hybridized carbons (Fsp3) is 0.211. The van der Waals surface area contributed by atoms with E-state index in [1.807, 2.05) is 55.5 Å². The van der Waals surface area contributed by atoms with Crippen LogP contribution in [0.3, 0.4) is 0 Å². The molecule has 27 heavy (non-hydrogen) atoms. The summed E-state index contributed by atoms with van der Waals surface area (Å²) < 4.78 is 2.53. The second-order valence-electron chi connectivity index (χ2n) is 5.99. The van der Waals surface area contributed by atoms with Crippen LogP contribution in [0.5, 0.6) is 0 Å². The van der Waals surface area contributed by atoms with Gasteiger partial charge in [-0.3, -0.25) is 9.36 Å². The summed E-state index contributed by atoms with van der Waals surface area (Å²) in [7, 11) is 0. The van der Waals surface area contributed by atoms with Crippen molar-refractivity contribution in [3.63, 3.8) is 0 Å². The van der Waals surface area contributed by atoms with Crippen molar-refractivity contribution < 1.29 is 4.79 Å². The normalized spacial score (nSPS) is 10.7. The molecule has 1 amide bonds. The van der Waals surface area contributed by atoms with Gasteiger partial charge in [-0.1, -0.05) is 58.0 Å². The van der Waals surface area contributed by atoms with E-state index in [1.165, 1.54) is 11.8 Å². The van der Waals surface area contributed by atoms with Gasteiger partial charge in [-0.25, -0.2) is 9.89 Å². The minimum atomic E-state index is -0.266. The lowest BCUT2D eigenvalue weighted by molar-refractivity contribution is -0.113. The molecule has 0 bridgehead atoms. The Hall–Kier alpha value is -2.32. The van der Waals surface area contributed by atoms with Gasteiger partial charge in [-0.15, -0.1) is 5.10 Å². The Morgan fingerprint density at radius 1 is 1.26 bits per heavy atom. The van der Waals surface area contributed by atoms with Gasteiger partial charge in [0, 0.05) is 16.7 Å². The SMILES string of the molecule is Cc1cc(Br)ccc1NC(=O)CSc1n[nH]c(=O)n1CCc1ccccc1. The van der Waals surface area contributed by atoms with E-state index in [2.05, 4.69) is 31.4 Å². The Kier molecular flexibility index (Phi) is 6.52. The molecule has 0 saturated heterocycles. The van der Waals surface area contributed by atoms with Gasteiger partial charge >= 0.3 is 5.69 Å². The van der Waals surface area contributed by atoms with Crippen molar-refractivity contribution in [1.29, 1.82) is 0 Å². The number of H-pyrrole nitrogens is 1. The lowest BCUT2D eigenvalue weighted by Gasteiger charge is -2.09. The largest absolute Gasteiger partial charge is 0.343 e. The van der Waals surface area contributed by atoms with E-state index in [0.29, 0.717) is 11.7 Å². The number of anilines is 1. The minimum Gasteiger partial charge on any atom is -0.325 e. The highest BCUT2D eigenvalue weighted by Gasteiger charge is 2.12. The Labute approximate surface area is 169 Å².